The summed E-state index contributed by atoms with van der Waals surface area (Å²) in [7, 11) is 0. The van der Waals surface area contributed by atoms with Gasteiger partial charge in [-0.15, -0.1) is 0 Å². The number of carbonyl (C=O) groups excluding carboxylic acids is 1. The van der Waals surface area contributed by atoms with Gasteiger partial charge in [-0.3, -0.25) is 4.79 Å². The third-order valence-corrected chi connectivity index (χ3v) is 5.23. The summed E-state index contributed by atoms with van der Waals surface area (Å²) in [5, 5.41) is 4.58. The van der Waals surface area contributed by atoms with Gasteiger partial charge in [-0.05, 0) is 38.7 Å². The van der Waals surface area contributed by atoms with Crippen molar-refractivity contribution >= 4 is 27.3 Å². The lowest BCUT2D eigenvalue weighted by atomic mass is 10.0. The highest BCUT2D eigenvalue weighted by Gasteiger charge is 2.13. The summed E-state index contributed by atoms with van der Waals surface area (Å²) in [6.45, 7) is 0.265. The SMILES string of the molecule is O=C(C[n+]1ccc(-c2cccc3ccccc23)nc1)c1ccc2ccccc2c1. The van der Waals surface area contributed by atoms with Crippen LogP contribution in [-0.4, -0.2) is 10.8 Å². The maximum absolute atomic E-state index is 12.7. The van der Waals surface area contributed by atoms with Crippen LogP contribution in [0.5, 0.6) is 0 Å². The molecule has 1 aromatic heterocycles. The van der Waals surface area contributed by atoms with Crippen molar-refractivity contribution in [1.82, 2.24) is 4.98 Å². The second kappa shape index (κ2) is 7.28. The van der Waals surface area contributed by atoms with Crippen molar-refractivity contribution in [1.29, 1.82) is 0 Å². The summed E-state index contributed by atoms with van der Waals surface area (Å²) < 4.78 is 1.83. The molecule has 0 aliphatic heterocycles. The molecule has 3 nitrogen and oxygen atoms in total. The fraction of sp³-hybridized carbons (Fsp3) is 0.0385. The van der Waals surface area contributed by atoms with Gasteiger partial charge in [-0.1, -0.05) is 72.8 Å². The fourth-order valence-corrected chi connectivity index (χ4v) is 3.71. The Kier molecular flexibility index (Phi) is 4.34. The number of aromatic nitrogens is 2. The molecular formula is C26H19N2O+. The van der Waals surface area contributed by atoms with E-state index in [9.17, 15) is 4.79 Å². The van der Waals surface area contributed by atoms with E-state index in [1.165, 1.54) is 10.8 Å². The Bertz CT molecular complexity index is 1330. The van der Waals surface area contributed by atoms with E-state index in [1.807, 2.05) is 77.5 Å². The summed E-state index contributed by atoms with van der Waals surface area (Å²) in [4.78, 5) is 17.3. The van der Waals surface area contributed by atoms with Gasteiger partial charge in [0.15, 0.2) is 12.2 Å². The third kappa shape index (κ3) is 3.39. The second-order valence-electron chi connectivity index (χ2n) is 7.13. The van der Waals surface area contributed by atoms with Crippen molar-refractivity contribution in [2.24, 2.45) is 0 Å². The van der Waals surface area contributed by atoms with Gasteiger partial charge >= 0.3 is 0 Å². The lowest BCUT2D eigenvalue weighted by Gasteiger charge is -2.04. The molecule has 29 heavy (non-hydrogen) atoms. The Morgan fingerprint density at radius 3 is 2.34 bits per heavy atom. The molecule has 5 aromatic rings. The first-order chi connectivity index (χ1) is 14.3. The minimum absolute atomic E-state index is 0.0699. The Hall–Kier alpha value is -3.85. The van der Waals surface area contributed by atoms with Crippen LogP contribution in [0.2, 0.25) is 0 Å². The molecule has 0 radical (unpaired) electrons. The van der Waals surface area contributed by atoms with E-state index < -0.39 is 0 Å². The first kappa shape index (κ1) is 17.3. The summed E-state index contributed by atoms with van der Waals surface area (Å²) in [5.41, 5.74) is 2.71. The van der Waals surface area contributed by atoms with Crippen LogP contribution in [0.1, 0.15) is 10.4 Å². The number of nitrogens with zero attached hydrogens (tertiary/aromatic N) is 2. The highest BCUT2D eigenvalue weighted by atomic mass is 16.1. The summed E-state index contributed by atoms with van der Waals surface area (Å²) in [6.07, 6.45) is 3.65. The summed E-state index contributed by atoms with van der Waals surface area (Å²) >= 11 is 0. The second-order valence-corrected chi connectivity index (χ2v) is 7.13. The van der Waals surface area contributed by atoms with E-state index in [1.54, 1.807) is 6.33 Å². The zero-order valence-electron chi connectivity index (χ0n) is 15.8. The van der Waals surface area contributed by atoms with Crippen molar-refractivity contribution in [3.8, 4) is 11.3 Å². The van der Waals surface area contributed by atoms with E-state index in [-0.39, 0.29) is 12.3 Å². The predicted molar refractivity (Wildman–Crippen MR) is 116 cm³/mol. The number of ketones is 1. The standard InChI is InChI=1S/C26H19N2O/c29-26(22-13-12-19-6-1-2-8-21(19)16-22)17-28-15-14-25(27-18-28)24-11-5-9-20-7-3-4-10-23(20)24/h1-16,18H,17H2/q+1. The Morgan fingerprint density at radius 2 is 1.52 bits per heavy atom. The number of fused-ring (bicyclic) bond motifs is 2. The molecule has 1 heterocycles. The molecule has 0 saturated carbocycles. The summed E-state index contributed by atoms with van der Waals surface area (Å²) in [5.74, 6) is 0.0699. The number of Topliss-reactive ketones (excluding diaryl/α,β-unsaturated/α-hetero) is 1. The number of hydrogen-bond donors (Lipinski definition) is 0. The quantitative estimate of drug-likeness (QED) is 0.319. The molecule has 138 valence electrons. The van der Waals surface area contributed by atoms with Crippen molar-refractivity contribution in [2.75, 3.05) is 0 Å². The van der Waals surface area contributed by atoms with Crippen molar-refractivity contribution in [3.63, 3.8) is 0 Å². The van der Waals surface area contributed by atoms with Crippen LogP contribution in [0.25, 0.3) is 32.8 Å². The van der Waals surface area contributed by atoms with E-state index in [0.717, 1.165) is 22.0 Å². The number of rotatable bonds is 4. The fourth-order valence-electron chi connectivity index (χ4n) is 3.71. The van der Waals surface area contributed by atoms with Gasteiger partial charge in [-0.2, -0.15) is 0 Å². The molecule has 0 unspecified atom stereocenters. The smallest absolute Gasteiger partial charge is 0.287 e. The maximum Gasteiger partial charge on any atom is 0.287 e. The average Bonchev–Trinajstić information content (AvgIpc) is 2.79. The van der Waals surface area contributed by atoms with Gasteiger partial charge in [-0.25, -0.2) is 4.57 Å². The van der Waals surface area contributed by atoms with Crippen LogP contribution in [0.4, 0.5) is 0 Å². The van der Waals surface area contributed by atoms with Gasteiger partial charge < -0.3 is 0 Å². The molecule has 0 atom stereocenters. The van der Waals surface area contributed by atoms with E-state index in [2.05, 4.69) is 29.2 Å². The minimum atomic E-state index is 0.0699. The molecule has 0 bridgehead atoms. The first-order valence-corrected chi connectivity index (χ1v) is 9.63. The molecular weight excluding hydrogens is 356 g/mol. The zero-order valence-corrected chi connectivity index (χ0v) is 15.8. The Morgan fingerprint density at radius 1 is 0.759 bits per heavy atom. The molecule has 0 saturated heterocycles. The Balaban J connectivity index is 1.40. The molecule has 0 fully saturated rings. The van der Waals surface area contributed by atoms with Crippen LogP contribution in [0.3, 0.4) is 0 Å². The van der Waals surface area contributed by atoms with Gasteiger partial charge in [0.05, 0.1) is 6.20 Å². The molecule has 5 rings (SSSR count). The van der Waals surface area contributed by atoms with Crippen molar-refractivity contribution in [3.05, 3.63) is 109 Å². The molecule has 0 N–H and O–H groups in total. The number of benzene rings is 4. The maximum atomic E-state index is 12.7. The van der Waals surface area contributed by atoms with E-state index in [0.29, 0.717) is 5.56 Å². The van der Waals surface area contributed by atoms with E-state index in [4.69, 9.17) is 0 Å². The van der Waals surface area contributed by atoms with Gasteiger partial charge in [0, 0.05) is 17.2 Å². The minimum Gasteiger partial charge on any atom is -0.290 e. The number of carbonyl (C=O) groups is 1. The van der Waals surface area contributed by atoms with Crippen LogP contribution in [0, 0.1) is 0 Å². The Labute approximate surface area is 168 Å². The van der Waals surface area contributed by atoms with Gasteiger partial charge in [0.2, 0.25) is 5.78 Å². The van der Waals surface area contributed by atoms with Gasteiger partial charge in [0.25, 0.3) is 6.33 Å². The molecule has 0 spiro atoms. The summed E-state index contributed by atoms with van der Waals surface area (Å²) in [6, 6.07) is 30.4. The zero-order chi connectivity index (χ0) is 19.6. The highest BCUT2D eigenvalue weighted by molar-refractivity contribution is 5.99. The molecule has 0 aliphatic carbocycles. The highest BCUT2D eigenvalue weighted by Crippen LogP contribution is 2.26. The average molecular weight is 375 g/mol. The van der Waals surface area contributed by atoms with Gasteiger partial charge in [0.1, 0.15) is 0 Å². The third-order valence-electron chi connectivity index (χ3n) is 5.23. The number of hydrogen-bond acceptors (Lipinski definition) is 2. The van der Waals surface area contributed by atoms with E-state index >= 15 is 0 Å². The topological polar surface area (TPSA) is 33.8 Å². The first-order valence-electron chi connectivity index (χ1n) is 9.63. The lowest BCUT2D eigenvalue weighted by molar-refractivity contribution is -0.686. The molecule has 3 heteroatoms. The predicted octanol–water partition coefficient (Wildman–Crippen LogP) is 5.23. The van der Waals surface area contributed by atoms with Crippen LogP contribution in [-0.2, 0) is 6.54 Å². The molecule has 0 amide bonds. The van der Waals surface area contributed by atoms with Crippen LogP contribution in [0.15, 0.2) is 104 Å². The molecule has 4 aromatic carbocycles. The molecule has 0 aliphatic rings. The monoisotopic (exact) mass is 375 g/mol. The van der Waals surface area contributed by atoms with Crippen molar-refractivity contribution < 1.29 is 9.36 Å². The largest absolute Gasteiger partial charge is 0.290 e. The van der Waals surface area contributed by atoms with Crippen LogP contribution >= 0.6 is 0 Å². The van der Waals surface area contributed by atoms with Crippen LogP contribution < -0.4 is 4.57 Å². The lowest BCUT2D eigenvalue weighted by Crippen LogP contribution is -2.37. The van der Waals surface area contributed by atoms with Crippen molar-refractivity contribution in [2.45, 2.75) is 6.54 Å². The normalized spacial score (nSPS) is 11.0.